The molecule has 1 fully saturated rings. The maximum Gasteiger partial charge on any atom is 0.407 e. The third-order valence-electron chi connectivity index (χ3n) is 3.71. The second kappa shape index (κ2) is 9.60. The van der Waals surface area contributed by atoms with Gasteiger partial charge in [-0.05, 0) is 25.7 Å². The minimum Gasteiger partial charge on any atom is -0.450 e. The lowest BCUT2D eigenvalue weighted by molar-refractivity contribution is -0.119. The second-order valence-electron chi connectivity index (χ2n) is 5.69. The summed E-state index contributed by atoms with van der Waals surface area (Å²) >= 11 is 0. The Morgan fingerprint density at radius 1 is 1.29 bits per heavy atom. The molecule has 2 atom stereocenters. The summed E-state index contributed by atoms with van der Waals surface area (Å²) in [5.74, 6) is 0.589. The van der Waals surface area contributed by atoms with Gasteiger partial charge in [0.15, 0.2) is 0 Å². The number of alkyl carbamates (subject to hydrolysis) is 1. The Labute approximate surface area is 127 Å². The zero-order valence-corrected chi connectivity index (χ0v) is 13.5. The Balaban J connectivity index is 2.46. The molecule has 6 nitrogen and oxygen atoms in total. The minimum atomic E-state index is -0.332. The van der Waals surface area contributed by atoms with Crippen molar-refractivity contribution in [1.82, 2.24) is 15.5 Å². The summed E-state index contributed by atoms with van der Waals surface area (Å²) in [7, 11) is 0. The number of nitrogens with one attached hydrogen (secondary N) is 2. The Bertz CT molecular complexity index is 336. The summed E-state index contributed by atoms with van der Waals surface area (Å²) in [6.45, 7) is 9.24. The van der Waals surface area contributed by atoms with E-state index in [1.54, 1.807) is 6.92 Å². The van der Waals surface area contributed by atoms with E-state index in [1.807, 2.05) is 0 Å². The normalized spacial score (nSPS) is 22.6. The summed E-state index contributed by atoms with van der Waals surface area (Å²) in [6.07, 6.45) is 2.98. The molecular formula is C15H29N3O3. The quantitative estimate of drug-likeness (QED) is 0.744. The molecule has 1 saturated heterocycles. The van der Waals surface area contributed by atoms with Crippen molar-refractivity contribution in [3.63, 3.8) is 0 Å². The predicted molar refractivity (Wildman–Crippen MR) is 82.1 cm³/mol. The van der Waals surface area contributed by atoms with E-state index in [0.717, 1.165) is 38.9 Å². The standard InChI is InChI=1S/C15H29N3O3/c1-4-6-13-9-14(17-15(20)21-5-2)11-18(10-13)8-7-16-12(3)19/h13-14H,4-11H2,1-3H3,(H,16,19)(H,17,20). The van der Waals surface area contributed by atoms with Crippen LogP contribution in [0.15, 0.2) is 0 Å². The lowest BCUT2D eigenvalue weighted by atomic mass is 9.90. The number of carbonyl (C=O) groups excluding carboxylic acids is 2. The molecule has 1 rings (SSSR count). The minimum absolute atomic E-state index is 0.00156. The van der Waals surface area contributed by atoms with E-state index in [-0.39, 0.29) is 18.0 Å². The smallest absolute Gasteiger partial charge is 0.407 e. The van der Waals surface area contributed by atoms with Crippen LogP contribution in [-0.4, -0.2) is 55.7 Å². The van der Waals surface area contributed by atoms with Crippen molar-refractivity contribution in [2.24, 2.45) is 5.92 Å². The number of carbonyl (C=O) groups is 2. The number of hydrogen-bond acceptors (Lipinski definition) is 4. The van der Waals surface area contributed by atoms with Crippen LogP contribution in [0.5, 0.6) is 0 Å². The highest BCUT2D eigenvalue weighted by Crippen LogP contribution is 2.21. The fourth-order valence-electron chi connectivity index (χ4n) is 2.94. The average molecular weight is 299 g/mol. The number of rotatable bonds is 7. The van der Waals surface area contributed by atoms with Crippen LogP contribution >= 0.6 is 0 Å². The molecule has 0 spiro atoms. The first-order chi connectivity index (χ1) is 10.0. The van der Waals surface area contributed by atoms with Crippen LogP contribution in [0.3, 0.4) is 0 Å². The Kier molecular flexibility index (Phi) is 8.12. The number of ether oxygens (including phenoxy) is 1. The van der Waals surface area contributed by atoms with Gasteiger partial charge in [0.2, 0.25) is 5.91 Å². The molecule has 1 aliphatic heterocycles. The molecule has 6 heteroatoms. The number of amides is 2. The molecule has 2 unspecified atom stereocenters. The van der Waals surface area contributed by atoms with Crippen LogP contribution in [-0.2, 0) is 9.53 Å². The molecule has 0 aromatic heterocycles. The lowest BCUT2D eigenvalue weighted by Crippen LogP contribution is -2.52. The molecule has 0 aliphatic carbocycles. The van der Waals surface area contributed by atoms with Gasteiger partial charge in [0.05, 0.1) is 6.61 Å². The number of piperidine rings is 1. The fourth-order valence-corrected chi connectivity index (χ4v) is 2.94. The summed E-state index contributed by atoms with van der Waals surface area (Å²) in [5.41, 5.74) is 0. The Morgan fingerprint density at radius 3 is 2.67 bits per heavy atom. The first-order valence-electron chi connectivity index (χ1n) is 7.95. The lowest BCUT2D eigenvalue weighted by Gasteiger charge is -2.38. The van der Waals surface area contributed by atoms with Gasteiger partial charge >= 0.3 is 6.09 Å². The summed E-state index contributed by atoms with van der Waals surface area (Å²) < 4.78 is 4.96. The highest BCUT2D eigenvalue weighted by atomic mass is 16.5. The van der Waals surface area contributed by atoms with E-state index in [9.17, 15) is 9.59 Å². The van der Waals surface area contributed by atoms with E-state index in [4.69, 9.17) is 4.74 Å². The van der Waals surface area contributed by atoms with Crippen LogP contribution in [0.2, 0.25) is 0 Å². The van der Waals surface area contributed by atoms with E-state index >= 15 is 0 Å². The zero-order chi connectivity index (χ0) is 15.7. The van der Waals surface area contributed by atoms with Crippen LogP contribution < -0.4 is 10.6 Å². The van der Waals surface area contributed by atoms with Crippen molar-refractivity contribution in [2.75, 3.05) is 32.8 Å². The van der Waals surface area contributed by atoms with Crippen molar-refractivity contribution in [2.45, 2.75) is 46.1 Å². The van der Waals surface area contributed by atoms with Gasteiger partial charge in [0.1, 0.15) is 0 Å². The molecule has 0 bridgehead atoms. The van der Waals surface area contributed by atoms with E-state index in [1.165, 1.54) is 6.92 Å². The maximum absolute atomic E-state index is 11.6. The first kappa shape index (κ1) is 17.8. The van der Waals surface area contributed by atoms with Gasteiger partial charge in [-0.2, -0.15) is 0 Å². The highest BCUT2D eigenvalue weighted by Gasteiger charge is 2.27. The SMILES string of the molecule is CCCC1CC(NC(=O)OCC)CN(CCNC(C)=O)C1. The summed E-state index contributed by atoms with van der Waals surface area (Å²) in [6, 6.07) is 0.131. The van der Waals surface area contributed by atoms with Gasteiger partial charge in [-0.3, -0.25) is 9.69 Å². The highest BCUT2D eigenvalue weighted by molar-refractivity contribution is 5.72. The summed E-state index contributed by atoms with van der Waals surface area (Å²) in [4.78, 5) is 24.8. The van der Waals surface area contributed by atoms with Crippen molar-refractivity contribution >= 4 is 12.0 Å². The van der Waals surface area contributed by atoms with Crippen LogP contribution in [0.4, 0.5) is 4.79 Å². The molecule has 0 aromatic rings. The molecule has 122 valence electrons. The largest absolute Gasteiger partial charge is 0.450 e. The molecule has 0 radical (unpaired) electrons. The van der Waals surface area contributed by atoms with Crippen LogP contribution in [0, 0.1) is 5.92 Å². The zero-order valence-electron chi connectivity index (χ0n) is 13.5. The first-order valence-corrected chi connectivity index (χ1v) is 7.95. The molecule has 21 heavy (non-hydrogen) atoms. The van der Waals surface area contributed by atoms with Crippen LogP contribution in [0.1, 0.15) is 40.0 Å². The fraction of sp³-hybridized carbons (Fsp3) is 0.867. The van der Waals surface area contributed by atoms with Gasteiger partial charge in [-0.15, -0.1) is 0 Å². The monoisotopic (exact) mass is 299 g/mol. The van der Waals surface area contributed by atoms with Crippen molar-refractivity contribution in [3.05, 3.63) is 0 Å². The molecule has 1 heterocycles. The topological polar surface area (TPSA) is 70.7 Å². The number of hydrogen-bond donors (Lipinski definition) is 2. The third kappa shape index (κ3) is 7.32. The van der Waals surface area contributed by atoms with E-state index in [0.29, 0.717) is 19.1 Å². The molecule has 1 aliphatic rings. The third-order valence-corrected chi connectivity index (χ3v) is 3.71. The van der Waals surface area contributed by atoms with Gasteiger partial charge in [0, 0.05) is 39.1 Å². The van der Waals surface area contributed by atoms with Gasteiger partial charge in [-0.25, -0.2) is 4.79 Å². The van der Waals surface area contributed by atoms with Crippen molar-refractivity contribution < 1.29 is 14.3 Å². The molecule has 0 aromatic carbocycles. The van der Waals surface area contributed by atoms with Gasteiger partial charge in [-0.1, -0.05) is 13.3 Å². The van der Waals surface area contributed by atoms with Crippen molar-refractivity contribution in [3.8, 4) is 0 Å². The van der Waals surface area contributed by atoms with E-state index < -0.39 is 0 Å². The molecule has 0 saturated carbocycles. The average Bonchev–Trinajstić information content (AvgIpc) is 2.38. The van der Waals surface area contributed by atoms with Gasteiger partial charge in [0.25, 0.3) is 0 Å². The Hall–Kier alpha value is -1.30. The maximum atomic E-state index is 11.6. The predicted octanol–water partition coefficient (Wildman–Crippen LogP) is 1.36. The molecule has 2 amide bonds. The second-order valence-corrected chi connectivity index (χ2v) is 5.69. The molecular weight excluding hydrogens is 270 g/mol. The van der Waals surface area contributed by atoms with E-state index in [2.05, 4.69) is 22.5 Å². The van der Waals surface area contributed by atoms with Gasteiger partial charge < -0.3 is 15.4 Å². The van der Waals surface area contributed by atoms with Crippen molar-refractivity contribution in [1.29, 1.82) is 0 Å². The summed E-state index contributed by atoms with van der Waals surface area (Å²) in [5, 5.41) is 5.77. The molecule has 2 N–H and O–H groups in total. The number of nitrogens with zero attached hydrogens (tertiary/aromatic N) is 1. The Morgan fingerprint density at radius 2 is 2.05 bits per heavy atom. The van der Waals surface area contributed by atoms with Crippen LogP contribution in [0.25, 0.3) is 0 Å². The number of likely N-dealkylation sites (tertiary alicyclic amines) is 1.